The molecule has 18 heavy (non-hydrogen) atoms. The molecule has 4 nitrogen and oxygen atoms in total. The van der Waals surface area contributed by atoms with E-state index in [1.165, 1.54) is 25.7 Å². The molecular formula is C13H24N4S. The van der Waals surface area contributed by atoms with Gasteiger partial charge in [-0.05, 0) is 38.0 Å². The van der Waals surface area contributed by atoms with E-state index in [1.807, 2.05) is 11.8 Å². The molecule has 0 radical (unpaired) electrons. The van der Waals surface area contributed by atoms with Crippen LogP contribution in [0.15, 0.2) is 5.16 Å². The van der Waals surface area contributed by atoms with Gasteiger partial charge in [0.1, 0.15) is 5.82 Å². The monoisotopic (exact) mass is 268 g/mol. The van der Waals surface area contributed by atoms with Gasteiger partial charge in [-0.2, -0.15) is 0 Å². The maximum absolute atomic E-state index is 5.71. The summed E-state index contributed by atoms with van der Waals surface area (Å²) in [4.78, 5) is 0. The minimum absolute atomic E-state index is 0.481. The van der Waals surface area contributed by atoms with Gasteiger partial charge in [-0.1, -0.05) is 25.6 Å². The normalized spacial score (nSPS) is 24.4. The van der Waals surface area contributed by atoms with Crippen LogP contribution in [0.25, 0.3) is 0 Å². The quantitative estimate of drug-likeness (QED) is 0.892. The average molecular weight is 268 g/mol. The highest BCUT2D eigenvalue weighted by Crippen LogP contribution is 2.35. The highest BCUT2D eigenvalue weighted by Gasteiger charge is 2.22. The van der Waals surface area contributed by atoms with Crippen LogP contribution in [-0.4, -0.2) is 20.0 Å². The van der Waals surface area contributed by atoms with Gasteiger partial charge in [0.15, 0.2) is 5.16 Å². The van der Waals surface area contributed by atoms with E-state index in [2.05, 4.69) is 28.6 Å². The molecule has 0 aliphatic heterocycles. The van der Waals surface area contributed by atoms with Crippen LogP contribution in [0.3, 0.4) is 0 Å². The molecule has 0 aromatic carbocycles. The second-order valence-electron chi connectivity index (χ2n) is 5.25. The molecule has 2 rings (SSSR count). The highest BCUT2D eigenvalue weighted by atomic mass is 32.2. The average Bonchev–Trinajstić information content (AvgIpc) is 2.75. The topological polar surface area (TPSA) is 56.7 Å². The van der Waals surface area contributed by atoms with Gasteiger partial charge in [0, 0.05) is 11.8 Å². The molecule has 0 spiro atoms. The molecular weight excluding hydrogens is 244 g/mol. The van der Waals surface area contributed by atoms with Crippen molar-refractivity contribution in [3.63, 3.8) is 0 Å². The Labute approximate surface area is 114 Å². The van der Waals surface area contributed by atoms with Crippen LogP contribution in [0, 0.1) is 5.92 Å². The van der Waals surface area contributed by atoms with Crippen molar-refractivity contribution in [2.75, 3.05) is 0 Å². The maximum Gasteiger partial charge on any atom is 0.191 e. The molecule has 1 aliphatic carbocycles. The van der Waals surface area contributed by atoms with E-state index in [0.29, 0.717) is 11.8 Å². The van der Waals surface area contributed by atoms with Crippen molar-refractivity contribution >= 4 is 11.8 Å². The third-order valence-electron chi connectivity index (χ3n) is 3.66. The van der Waals surface area contributed by atoms with E-state index in [9.17, 15) is 0 Å². The Hall–Kier alpha value is -0.550. The van der Waals surface area contributed by atoms with E-state index in [0.717, 1.165) is 29.9 Å². The summed E-state index contributed by atoms with van der Waals surface area (Å²) < 4.78 is 2.20. The third-order valence-corrected chi connectivity index (χ3v) is 4.98. The Morgan fingerprint density at radius 1 is 1.28 bits per heavy atom. The van der Waals surface area contributed by atoms with Crippen molar-refractivity contribution in [3.8, 4) is 0 Å². The van der Waals surface area contributed by atoms with Gasteiger partial charge in [0.05, 0.1) is 6.54 Å². The smallest absolute Gasteiger partial charge is 0.191 e. The number of hydrogen-bond donors (Lipinski definition) is 1. The number of hydrogen-bond acceptors (Lipinski definition) is 4. The van der Waals surface area contributed by atoms with Crippen molar-refractivity contribution < 1.29 is 0 Å². The van der Waals surface area contributed by atoms with Crippen LogP contribution in [-0.2, 0) is 13.1 Å². The van der Waals surface area contributed by atoms with Crippen LogP contribution in [0.5, 0.6) is 0 Å². The first-order valence-corrected chi connectivity index (χ1v) is 7.91. The standard InChI is InChI=1S/C13H24N4S/c1-3-8-17-12(9-14)15-16-13(17)18-11-6-4-10(2)5-7-11/h10-11H,3-9,14H2,1-2H3. The van der Waals surface area contributed by atoms with E-state index >= 15 is 0 Å². The first-order chi connectivity index (χ1) is 8.74. The molecule has 0 bridgehead atoms. The number of nitrogens with two attached hydrogens (primary N) is 1. The van der Waals surface area contributed by atoms with Crippen LogP contribution in [0.1, 0.15) is 51.8 Å². The minimum Gasteiger partial charge on any atom is -0.324 e. The van der Waals surface area contributed by atoms with Gasteiger partial charge in [-0.25, -0.2) is 0 Å². The number of rotatable bonds is 5. The Morgan fingerprint density at radius 3 is 2.61 bits per heavy atom. The summed E-state index contributed by atoms with van der Waals surface area (Å²) in [5.41, 5.74) is 5.71. The molecule has 102 valence electrons. The van der Waals surface area contributed by atoms with Gasteiger partial charge in [-0.3, -0.25) is 0 Å². The molecule has 1 aliphatic rings. The lowest BCUT2D eigenvalue weighted by molar-refractivity contribution is 0.392. The molecule has 0 amide bonds. The molecule has 0 saturated heterocycles. The Morgan fingerprint density at radius 2 is 2.00 bits per heavy atom. The van der Waals surface area contributed by atoms with E-state index < -0.39 is 0 Å². The Bertz CT molecular complexity index is 369. The van der Waals surface area contributed by atoms with Crippen molar-refractivity contribution in [2.45, 2.75) is 69.4 Å². The zero-order valence-electron chi connectivity index (χ0n) is 11.4. The molecule has 1 aromatic heterocycles. The molecule has 5 heteroatoms. The molecule has 1 saturated carbocycles. The van der Waals surface area contributed by atoms with Gasteiger partial charge < -0.3 is 10.3 Å². The molecule has 2 N–H and O–H groups in total. The lowest BCUT2D eigenvalue weighted by Crippen LogP contribution is -2.15. The van der Waals surface area contributed by atoms with Gasteiger partial charge in [0.25, 0.3) is 0 Å². The molecule has 0 atom stereocenters. The fourth-order valence-corrected chi connectivity index (χ4v) is 3.72. The first kappa shape index (κ1) is 13.9. The predicted octanol–water partition coefficient (Wildman–Crippen LogP) is 2.82. The lowest BCUT2D eigenvalue weighted by atomic mass is 9.91. The first-order valence-electron chi connectivity index (χ1n) is 7.03. The van der Waals surface area contributed by atoms with E-state index in [4.69, 9.17) is 5.73 Å². The maximum atomic E-state index is 5.71. The Kier molecular flexibility index (Phi) is 5.06. The third kappa shape index (κ3) is 3.26. The summed E-state index contributed by atoms with van der Waals surface area (Å²) in [5, 5.41) is 10.3. The van der Waals surface area contributed by atoms with Crippen LogP contribution in [0.4, 0.5) is 0 Å². The summed E-state index contributed by atoms with van der Waals surface area (Å²) in [6.07, 6.45) is 6.42. The van der Waals surface area contributed by atoms with Gasteiger partial charge in [-0.15, -0.1) is 10.2 Å². The number of nitrogens with zero attached hydrogens (tertiary/aromatic N) is 3. The van der Waals surface area contributed by atoms with Crippen molar-refractivity contribution in [2.24, 2.45) is 11.7 Å². The van der Waals surface area contributed by atoms with E-state index in [-0.39, 0.29) is 0 Å². The highest BCUT2D eigenvalue weighted by molar-refractivity contribution is 7.99. The van der Waals surface area contributed by atoms with Crippen molar-refractivity contribution in [1.29, 1.82) is 0 Å². The summed E-state index contributed by atoms with van der Waals surface area (Å²) in [7, 11) is 0. The van der Waals surface area contributed by atoms with Gasteiger partial charge >= 0.3 is 0 Å². The zero-order chi connectivity index (χ0) is 13.0. The summed E-state index contributed by atoms with van der Waals surface area (Å²) in [6, 6.07) is 0. The second-order valence-corrected chi connectivity index (χ2v) is 6.52. The SMILES string of the molecule is CCCn1c(CN)nnc1SC1CCC(C)CC1. The minimum atomic E-state index is 0.481. The fourth-order valence-electron chi connectivity index (χ4n) is 2.50. The largest absolute Gasteiger partial charge is 0.324 e. The summed E-state index contributed by atoms with van der Waals surface area (Å²) in [6.45, 7) is 5.99. The van der Waals surface area contributed by atoms with Crippen molar-refractivity contribution in [1.82, 2.24) is 14.8 Å². The summed E-state index contributed by atoms with van der Waals surface area (Å²) >= 11 is 1.90. The fraction of sp³-hybridized carbons (Fsp3) is 0.846. The number of aromatic nitrogens is 3. The molecule has 0 unspecified atom stereocenters. The number of thioether (sulfide) groups is 1. The van der Waals surface area contributed by atoms with Crippen LogP contribution >= 0.6 is 11.8 Å². The second kappa shape index (κ2) is 6.57. The zero-order valence-corrected chi connectivity index (χ0v) is 12.2. The summed E-state index contributed by atoms with van der Waals surface area (Å²) in [5.74, 6) is 1.82. The van der Waals surface area contributed by atoms with E-state index in [1.54, 1.807) is 0 Å². The van der Waals surface area contributed by atoms with Crippen LogP contribution < -0.4 is 5.73 Å². The van der Waals surface area contributed by atoms with Gasteiger partial charge in [0.2, 0.25) is 0 Å². The molecule has 1 fully saturated rings. The lowest BCUT2D eigenvalue weighted by Gasteiger charge is -2.25. The predicted molar refractivity (Wildman–Crippen MR) is 75.5 cm³/mol. The van der Waals surface area contributed by atoms with Crippen molar-refractivity contribution in [3.05, 3.63) is 5.82 Å². The molecule has 1 heterocycles. The Balaban J connectivity index is 2.02. The van der Waals surface area contributed by atoms with Crippen LogP contribution in [0.2, 0.25) is 0 Å². The molecule has 1 aromatic rings.